The summed E-state index contributed by atoms with van der Waals surface area (Å²) in [6.45, 7) is 2.89. The molecule has 88 valence electrons. The molecule has 1 heterocycles. The number of nitrogens with two attached hydrogens (primary N) is 1. The van der Waals surface area contributed by atoms with Gasteiger partial charge in [0, 0.05) is 5.75 Å². The van der Waals surface area contributed by atoms with E-state index < -0.39 is 5.67 Å². The molecule has 0 radical (unpaired) electrons. The molecule has 0 saturated carbocycles. The smallest absolute Gasteiger partial charge is 0.142 e. The monoisotopic (exact) mass is 250 g/mol. The number of hydrogen-bond donors (Lipinski definition) is 1. The van der Waals surface area contributed by atoms with E-state index in [-0.39, 0.29) is 22.7 Å². The van der Waals surface area contributed by atoms with Crippen molar-refractivity contribution in [3.8, 4) is 12.1 Å². The lowest BCUT2D eigenvalue weighted by Gasteiger charge is -2.13. The van der Waals surface area contributed by atoms with E-state index in [0.717, 1.165) is 11.8 Å². The standard InChI is InChI=1S/C11H11FN4S/c1-11(2,12)6-17-10-8(5-14)3-7(4-13)9(15)16-10/h3H,6H2,1-2H3,(H2,15,16). The first-order chi connectivity index (χ1) is 7.87. The molecule has 1 rings (SSSR count). The lowest BCUT2D eigenvalue weighted by molar-refractivity contribution is 0.253. The summed E-state index contributed by atoms with van der Waals surface area (Å²) >= 11 is 1.11. The lowest BCUT2D eigenvalue weighted by Crippen LogP contribution is -2.15. The summed E-state index contributed by atoms with van der Waals surface area (Å²) in [5.74, 6) is 0.227. The molecule has 0 aliphatic heterocycles. The Morgan fingerprint density at radius 1 is 1.41 bits per heavy atom. The van der Waals surface area contributed by atoms with Crippen molar-refractivity contribution in [3.63, 3.8) is 0 Å². The zero-order valence-corrected chi connectivity index (χ0v) is 10.3. The van der Waals surface area contributed by atoms with Gasteiger partial charge >= 0.3 is 0 Å². The molecular weight excluding hydrogens is 239 g/mol. The van der Waals surface area contributed by atoms with Gasteiger partial charge in [0.05, 0.1) is 11.1 Å². The van der Waals surface area contributed by atoms with Gasteiger partial charge in [-0.3, -0.25) is 0 Å². The summed E-state index contributed by atoms with van der Waals surface area (Å²) in [6, 6.07) is 5.14. The molecule has 0 bridgehead atoms. The number of aromatic nitrogens is 1. The van der Waals surface area contributed by atoms with Crippen LogP contribution in [0.2, 0.25) is 0 Å². The van der Waals surface area contributed by atoms with Gasteiger partial charge in [0.15, 0.2) is 0 Å². The summed E-state index contributed by atoms with van der Waals surface area (Å²) in [4.78, 5) is 3.95. The maximum absolute atomic E-state index is 13.3. The molecule has 2 N–H and O–H groups in total. The average Bonchev–Trinajstić information content (AvgIpc) is 2.25. The first-order valence-corrected chi connectivity index (χ1v) is 5.78. The SMILES string of the molecule is CC(C)(F)CSc1nc(N)c(C#N)cc1C#N. The van der Waals surface area contributed by atoms with Crippen LogP contribution in [0.25, 0.3) is 0 Å². The fraction of sp³-hybridized carbons (Fsp3) is 0.364. The first-order valence-electron chi connectivity index (χ1n) is 4.80. The fourth-order valence-electron chi connectivity index (χ4n) is 1.03. The van der Waals surface area contributed by atoms with Crippen LogP contribution in [0, 0.1) is 22.7 Å². The number of pyridine rings is 1. The molecule has 0 aromatic carbocycles. The number of alkyl halides is 1. The number of hydrogen-bond acceptors (Lipinski definition) is 5. The van der Waals surface area contributed by atoms with Crippen molar-refractivity contribution < 1.29 is 4.39 Å². The second-order valence-electron chi connectivity index (χ2n) is 4.00. The van der Waals surface area contributed by atoms with Gasteiger partial charge in [-0.2, -0.15) is 10.5 Å². The first kappa shape index (κ1) is 13.3. The van der Waals surface area contributed by atoms with Crippen molar-refractivity contribution in [2.45, 2.75) is 24.5 Å². The van der Waals surface area contributed by atoms with E-state index in [1.165, 1.54) is 19.9 Å². The van der Waals surface area contributed by atoms with Crippen LogP contribution in [0.15, 0.2) is 11.1 Å². The number of halogens is 1. The largest absolute Gasteiger partial charge is 0.383 e. The van der Waals surface area contributed by atoms with Gasteiger partial charge in [-0.15, -0.1) is 11.8 Å². The lowest BCUT2D eigenvalue weighted by atomic mass is 10.2. The van der Waals surface area contributed by atoms with Crippen LogP contribution in [-0.4, -0.2) is 16.4 Å². The normalized spacial score (nSPS) is 10.6. The minimum Gasteiger partial charge on any atom is -0.383 e. The van der Waals surface area contributed by atoms with Crippen LogP contribution in [0.3, 0.4) is 0 Å². The molecule has 0 unspecified atom stereocenters. The highest BCUT2D eigenvalue weighted by Crippen LogP contribution is 2.27. The highest BCUT2D eigenvalue weighted by atomic mass is 32.2. The van der Waals surface area contributed by atoms with Gasteiger partial charge in [0.2, 0.25) is 0 Å². The Balaban J connectivity index is 3.05. The van der Waals surface area contributed by atoms with Crippen molar-refractivity contribution in [1.82, 2.24) is 4.98 Å². The van der Waals surface area contributed by atoms with Gasteiger partial charge in [-0.05, 0) is 19.9 Å². The van der Waals surface area contributed by atoms with Gasteiger partial charge in [-0.25, -0.2) is 9.37 Å². The zero-order valence-electron chi connectivity index (χ0n) is 9.49. The van der Waals surface area contributed by atoms with Crippen LogP contribution in [0.4, 0.5) is 10.2 Å². The third-order valence-electron chi connectivity index (χ3n) is 1.81. The quantitative estimate of drug-likeness (QED) is 0.831. The van der Waals surface area contributed by atoms with Crippen LogP contribution in [-0.2, 0) is 0 Å². The molecule has 17 heavy (non-hydrogen) atoms. The van der Waals surface area contributed by atoms with Crippen molar-refractivity contribution in [2.24, 2.45) is 0 Å². The van der Waals surface area contributed by atoms with E-state index in [2.05, 4.69) is 4.98 Å². The molecule has 0 aliphatic carbocycles. The van der Waals surface area contributed by atoms with E-state index in [1.807, 2.05) is 12.1 Å². The van der Waals surface area contributed by atoms with Gasteiger partial charge in [0.1, 0.15) is 28.7 Å². The predicted octanol–water partition coefficient (Wildman–Crippen LogP) is 2.25. The van der Waals surface area contributed by atoms with Crippen molar-refractivity contribution in [2.75, 3.05) is 11.5 Å². The highest BCUT2D eigenvalue weighted by molar-refractivity contribution is 7.99. The van der Waals surface area contributed by atoms with Crippen LogP contribution in [0.5, 0.6) is 0 Å². The molecule has 1 aromatic heterocycles. The predicted molar refractivity (Wildman–Crippen MR) is 64.0 cm³/mol. The number of thioether (sulfide) groups is 1. The summed E-state index contributed by atoms with van der Waals surface area (Å²) in [7, 11) is 0. The van der Waals surface area contributed by atoms with Crippen molar-refractivity contribution >= 4 is 17.6 Å². The van der Waals surface area contributed by atoms with Crippen molar-refractivity contribution in [1.29, 1.82) is 10.5 Å². The number of nitrogen functional groups attached to an aromatic ring is 1. The van der Waals surface area contributed by atoms with Crippen LogP contribution >= 0.6 is 11.8 Å². The minimum atomic E-state index is -1.36. The fourth-order valence-corrected chi connectivity index (χ4v) is 1.93. The molecule has 0 spiro atoms. The van der Waals surface area contributed by atoms with E-state index in [9.17, 15) is 4.39 Å². The highest BCUT2D eigenvalue weighted by Gasteiger charge is 2.18. The molecular formula is C11H11FN4S. The number of nitriles is 2. The Bertz CT molecular complexity index is 508. The van der Waals surface area contributed by atoms with Crippen molar-refractivity contribution in [3.05, 3.63) is 17.2 Å². The molecule has 0 amide bonds. The molecule has 6 heteroatoms. The van der Waals surface area contributed by atoms with E-state index in [0.29, 0.717) is 5.03 Å². The molecule has 0 fully saturated rings. The molecule has 0 aliphatic rings. The minimum absolute atomic E-state index is 0.0608. The number of nitrogens with zero attached hydrogens (tertiary/aromatic N) is 3. The van der Waals surface area contributed by atoms with E-state index in [4.69, 9.17) is 16.3 Å². The van der Waals surface area contributed by atoms with Crippen LogP contribution in [0.1, 0.15) is 25.0 Å². The Morgan fingerprint density at radius 2 is 2.00 bits per heavy atom. The van der Waals surface area contributed by atoms with Crippen LogP contribution < -0.4 is 5.73 Å². The second-order valence-corrected chi connectivity index (χ2v) is 4.97. The molecule has 4 nitrogen and oxygen atoms in total. The summed E-state index contributed by atoms with van der Waals surface area (Å²) in [6.07, 6.45) is 0. The average molecular weight is 250 g/mol. The maximum Gasteiger partial charge on any atom is 0.142 e. The van der Waals surface area contributed by atoms with Gasteiger partial charge < -0.3 is 5.73 Å². The topological polar surface area (TPSA) is 86.5 Å². The van der Waals surface area contributed by atoms with Gasteiger partial charge in [-0.1, -0.05) is 0 Å². The Hall–Kier alpha value is -1.79. The van der Waals surface area contributed by atoms with E-state index in [1.54, 1.807) is 0 Å². The summed E-state index contributed by atoms with van der Waals surface area (Å²) < 4.78 is 13.3. The van der Waals surface area contributed by atoms with E-state index >= 15 is 0 Å². The molecule has 0 atom stereocenters. The Morgan fingerprint density at radius 3 is 2.47 bits per heavy atom. The maximum atomic E-state index is 13.3. The van der Waals surface area contributed by atoms with Gasteiger partial charge in [0.25, 0.3) is 0 Å². The summed E-state index contributed by atoms with van der Waals surface area (Å²) in [5.41, 5.74) is 4.58. The molecule has 1 aromatic rings. The second kappa shape index (κ2) is 5.03. The number of anilines is 1. The number of rotatable bonds is 3. The Kier molecular flexibility index (Phi) is 3.93. The third kappa shape index (κ3) is 3.61. The molecule has 0 saturated heterocycles. The summed E-state index contributed by atoms with van der Waals surface area (Å²) in [5, 5.41) is 18.0. The zero-order chi connectivity index (χ0) is 13.1. The third-order valence-corrected chi connectivity index (χ3v) is 3.23. The Labute approximate surface area is 103 Å².